The van der Waals surface area contributed by atoms with Gasteiger partial charge in [-0.15, -0.1) is 0 Å². The Morgan fingerprint density at radius 3 is 2.66 bits per heavy atom. The van der Waals surface area contributed by atoms with Gasteiger partial charge in [-0.2, -0.15) is 5.10 Å². The summed E-state index contributed by atoms with van der Waals surface area (Å²) in [7, 11) is 3.13. The number of aromatic hydroxyl groups is 1. The van der Waals surface area contributed by atoms with Gasteiger partial charge in [-0.25, -0.2) is 9.97 Å². The fourth-order valence-corrected chi connectivity index (χ4v) is 3.59. The predicted molar refractivity (Wildman–Crippen MR) is 108 cm³/mol. The van der Waals surface area contributed by atoms with E-state index in [1.54, 1.807) is 31.2 Å². The van der Waals surface area contributed by atoms with Crippen LogP contribution in [0.4, 0.5) is 0 Å². The molecule has 148 valence electrons. The second-order valence-electron chi connectivity index (χ2n) is 7.25. The van der Waals surface area contributed by atoms with Crippen LogP contribution in [0, 0.1) is 6.92 Å². The van der Waals surface area contributed by atoms with Gasteiger partial charge in [0.25, 0.3) is 5.88 Å². The molecule has 1 N–H and O–H groups in total. The van der Waals surface area contributed by atoms with Crippen LogP contribution in [0.1, 0.15) is 24.4 Å². The van der Waals surface area contributed by atoms with Gasteiger partial charge in [-0.05, 0) is 37.5 Å². The molecule has 29 heavy (non-hydrogen) atoms. The van der Waals surface area contributed by atoms with E-state index in [0.29, 0.717) is 23.2 Å². The van der Waals surface area contributed by atoms with Crippen molar-refractivity contribution in [3.8, 4) is 34.5 Å². The summed E-state index contributed by atoms with van der Waals surface area (Å²) in [6.07, 6.45) is 9.58. The lowest BCUT2D eigenvalue weighted by Crippen LogP contribution is -1.95. The molecular formula is C21H21N5O3. The Morgan fingerprint density at radius 2 is 1.93 bits per heavy atom. The fourth-order valence-electron chi connectivity index (χ4n) is 3.59. The summed E-state index contributed by atoms with van der Waals surface area (Å²) in [5.41, 5.74) is 3.99. The summed E-state index contributed by atoms with van der Waals surface area (Å²) in [4.78, 5) is 9.05. The molecule has 0 aliphatic heterocycles. The molecule has 8 nitrogen and oxygen atoms in total. The Labute approximate surface area is 167 Å². The molecule has 1 fully saturated rings. The molecule has 4 heterocycles. The smallest absolute Gasteiger partial charge is 0.256 e. The highest BCUT2D eigenvalue weighted by atomic mass is 16.5. The average molecular weight is 391 g/mol. The van der Waals surface area contributed by atoms with E-state index < -0.39 is 0 Å². The van der Waals surface area contributed by atoms with E-state index in [1.807, 2.05) is 36.1 Å². The number of hydrogen-bond donors (Lipinski definition) is 1. The molecule has 0 aromatic carbocycles. The molecule has 0 unspecified atom stereocenters. The molecule has 0 atom stereocenters. The van der Waals surface area contributed by atoms with Crippen molar-refractivity contribution in [1.29, 1.82) is 0 Å². The molecule has 4 aromatic rings. The van der Waals surface area contributed by atoms with Crippen LogP contribution in [0.25, 0.3) is 27.8 Å². The maximum Gasteiger partial charge on any atom is 0.256 e. The molecule has 0 saturated heterocycles. The maximum atomic E-state index is 10.8. The summed E-state index contributed by atoms with van der Waals surface area (Å²) in [6, 6.07) is 4.26. The molecular weight excluding hydrogens is 370 g/mol. The van der Waals surface area contributed by atoms with E-state index in [1.165, 1.54) is 0 Å². The first-order valence-electron chi connectivity index (χ1n) is 9.43. The molecule has 1 aliphatic rings. The second-order valence-corrected chi connectivity index (χ2v) is 7.25. The molecule has 0 amide bonds. The van der Waals surface area contributed by atoms with Gasteiger partial charge in [0.2, 0.25) is 5.88 Å². The average Bonchev–Trinajstić information content (AvgIpc) is 3.37. The first-order chi connectivity index (χ1) is 14.1. The zero-order valence-corrected chi connectivity index (χ0v) is 16.5. The Kier molecular flexibility index (Phi) is 3.94. The van der Waals surface area contributed by atoms with Crippen LogP contribution in [0.15, 0.2) is 36.9 Å². The topological polar surface area (TPSA) is 87.2 Å². The van der Waals surface area contributed by atoms with Crippen molar-refractivity contribution in [3.63, 3.8) is 0 Å². The lowest BCUT2D eigenvalue weighted by Gasteiger charge is -2.09. The van der Waals surface area contributed by atoms with E-state index in [2.05, 4.69) is 10.1 Å². The number of hydrogen-bond acceptors (Lipinski definition) is 6. The van der Waals surface area contributed by atoms with Crippen LogP contribution in [0.2, 0.25) is 0 Å². The SMILES string of the molecule is COc1cc(-c2cc(C)c3c(O)n(-c4cnn(C5CC5)c4)cc3n2)cnc1OC. The zero-order valence-electron chi connectivity index (χ0n) is 16.5. The molecule has 0 radical (unpaired) electrons. The van der Waals surface area contributed by atoms with Crippen LogP contribution in [0.3, 0.4) is 0 Å². The van der Waals surface area contributed by atoms with Crippen molar-refractivity contribution < 1.29 is 14.6 Å². The van der Waals surface area contributed by atoms with Gasteiger partial charge in [0.05, 0.1) is 48.7 Å². The van der Waals surface area contributed by atoms with E-state index in [0.717, 1.165) is 40.7 Å². The Bertz CT molecular complexity index is 1220. The Balaban J connectivity index is 1.61. The van der Waals surface area contributed by atoms with Crippen LogP contribution in [-0.4, -0.2) is 43.6 Å². The molecule has 1 saturated carbocycles. The van der Waals surface area contributed by atoms with Crippen molar-refractivity contribution >= 4 is 10.9 Å². The maximum absolute atomic E-state index is 10.8. The van der Waals surface area contributed by atoms with Crippen molar-refractivity contribution in [2.24, 2.45) is 0 Å². The molecule has 8 heteroatoms. The number of aryl methyl sites for hydroxylation is 1. The minimum absolute atomic E-state index is 0.164. The fraction of sp³-hybridized carbons (Fsp3) is 0.286. The highest BCUT2D eigenvalue weighted by Crippen LogP contribution is 2.37. The Hall–Kier alpha value is -3.55. The quantitative estimate of drug-likeness (QED) is 0.559. The molecule has 4 aromatic heterocycles. The minimum atomic E-state index is 0.164. The normalized spacial score (nSPS) is 13.8. The summed E-state index contributed by atoms with van der Waals surface area (Å²) in [5.74, 6) is 1.13. The van der Waals surface area contributed by atoms with E-state index in [-0.39, 0.29) is 5.88 Å². The van der Waals surface area contributed by atoms with Gasteiger partial charge in [-0.3, -0.25) is 9.25 Å². The summed E-state index contributed by atoms with van der Waals surface area (Å²) >= 11 is 0. The third kappa shape index (κ3) is 2.88. The Morgan fingerprint density at radius 1 is 1.10 bits per heavy atom. The number of pyridine rings is 2. The van der Waals surface area contributed by atoms with Gasteiger partial charge in [0.15, 0.2) is 5.75 Å². The molecule has 5 rings (SSSR count). The standard InChI is InChI=1S/C21H21N5O3/c1-12-6-16(13-7-18(28-2)20(29-3)22-8-13)24-17-11-25(21(27)19(12)17)15-9-23-26(10-15)14-4-5-14/h6-11,14,27H,4-5H2,1-3H3. The van der Waals surface area contributed by atoms with Crippen molar-refractivity contribution in [1.82, 2.24) is 24.3 Å². The van der Waals surface area contributed by atoms with Crippen LogP contribution in [0.5, 0.6) is 17.5 Å². The summed E-state index contributed by atoms with van der Waals surface area (Å²) < 4.78 is 14.3. The number of aromatic nitrogens is 5. The van der Waals surface area contributed by atoms with Crippen LogP contribution < -0.4 is 9.47 Å². The predicted octanol–water partition coefficient (Wildman–Crippen LogP) is 3.65. The zero-order chi connectivity index (χ0) is 20.1. The van der Waals surface area contributed by atoms with Gasteiger partial charge < -0.3 is 14.6 Å². The first-order valence-corrected chi connectivity index (χ1v) is 9.43. The van der Waals surface area contributed by atoms with Gasteiger partial charge in [0.1, 0.15) is 0 Å². The van der Waals surface area contributed by atoms with E-state index >= 15 is 0 Å². The third-order valence-electron chi connectivity index (χ3n) is 5.26. The second kappa shape index (κ2) is 6.51. The number of rotatable bonds is 5. The first kappa shape index (κ1) is 17.5. The lowest BCUT2D eigenvalue weighted by molar-refractivity contribution is 0.343. The van der Waals surface area contributed by atoms with Crippen LogP contribution in [-0.2, 0) is 0 Å². The number of ether oxygens (including phenoxy) is 2. The van der Waals surface area contributed by atoms with Gasteiger partial charge in [0, 0.05) is 24.2 Å². The lowest BCUT2D eigenvalue weighted by atomic mass is 10.1. The van der Waals surface area contributed by atoms with E-state index in [9.17, 15) is 5.11 Å². The summed E-state index contributed by atoms with van der Waals surface area (Å²) in [5, 5.41) is 16.0. The molecule has 1 aliphatic carbocycles. The van der Waals surface area contributed by atoms with Crippen molar-refractivity contribution in [2.45, 2.75) is 25.8 Å². The number of methoxy groups -OCH3 is 2. The number of nitrogens with zero attached hydrogens (tertiary/aromatic N) is 5. The summed E-state index contributed by atoms with van der Waals surface area (Å²) in [6.45, 7) is 1.96. The van der Waals surface area contributed by atoms with Crippen molar-refractivity contribution in [3.05, 3.63) is 42.5 Å². The molecule has 0 spiro atoms. The number of fused-ring (bicyclic) bond motifs is 1. The largest absolute Gasteiger partial charge is 0.494 e. The van der Waals surface area contributed by atoms with Crippen molar-refractivity contribution in [2.75, 3.05) is 14.2 Å². The van der Waals surface area contributed by atoms with Gasteiger partial charge in [-0.1, -0.05) is 0 Å². The van der Waals surface area contributed by atoms with Gasteiger partial charge >= 0.3 is 0 Å². The third-order valence-corrected chi connectivity index (χ3v) is 5.26. The highest BCUT2D eigenvalue weighted by molar-refractivity contribution is 5.90. The monoisotopic (exact) mass is 391 g/mol. The molecule has 0 bridgehead atoms. The minimum Gasteiger partial charge on any atom is -0.494 e. The van der Waals surface area contributed by atoms with Crippen LogP contribution >= 0.6 is 0 Å². The van der Waals surface area contributed by atoms with E-state index in [4.69, 9.17) is 14.5 Å². The highest BCUT2D eigenvalue weighted by Gasteiger charge is 2.25.